The normalized spacial score (nSPS) is 12.7. The van der Waals surface area contributed by atoms with Crippen LogP contribution in [0.2, 0.25) is 0 Å². The molecule has 0 aliphatic carbocycles. The fourth-order valence-corrected chi connectivity index (χ4v) is 2.43. The van der Waals surface area contributed by atoms with Gasteiger partial charge in [-0.25, -0.2) is 0 Å². The Hall–Kier alpha value is -2.33. The van der Waals surface area contributed by atoms with Gasteiger partial charge in [0.25, 0.3) is 0 Å². The zero-order valence-electron chi connectivity index (χ0n) is 15.5. The average molecular weight is 339 g/mol. The standard InChI is InChI=1S/C21H29N3O/c1-4-17(2)24-21(22-3)23-14-19-12-8-9-13-20(19)16-25-15-18-10-6-5-7-11-18/h5-13,17H,4,14-16H2,1-3H3,(H2,22,23,24). The molecule has 0 aliphatic heterocycles. The molecule has 1 atom stereocenters. The van der Waals surface area contributed by atoms with Gasteiger partial charge in [0.05, 0.1) is 13.2 Å². The number of aliphatic imine (C=N–C) groups is 1. The molecule has 25 heavy (non-hydrogen) atoms. The number of ether oxygens (including phenoxy) is 1. The minimum absolute atomic E-state index is 0.399. The maximum absolute atomic E-state index is 5.89. The second kappa shape index (κ2) is 10.5. The van der Waals surface area contributed by atoms with Gasteiger partial charge in [0.15, 0.2) is 5.96 Å². The van der Waals surface area contributed by atoms with Crippen LogP contribution in [0.25, 0.3) is 0 Å². The Bertz CT molecular complexity index is 655. The second-order valence-corrected chi connectivity index (χ2v) is 6.13. The molecule has 134 valence electrons. The van der Waals surface area contributed by atoms with Crippen LogP contribution in [0.4, 0.5) is 0 Å². The quantitative estimate of drug-likeness (QED) is 0.567. The lowest BCUT2D eigenvalue weighted by Crippen LogP contribution is -2.41. The number of hydrogen-bond donors (Lipinski definition) is 2. The van der Waals surface area contributed by atoms with Crippen molar-refractivity contribution in [1.29, 1.82) is 0 Å². The number of nitrogens with one attached hydrogen (secondary N) is 2. The van der Waals surface area contributed by atoms with Gasteiger partial charge in [-0.2, -0.15) is 0 Å². The number of hydrogen-bond acceptors (Lipinski definition) is 2. The fraction of sp³-hybridized carbons (Fsp3) is 0.381. The summed E-state index contributed by atoms with van der Waals surface area (Å²) in [4.78, 5) is 4.29. The van der Waals surface area contributed by atoms with E-state index < -0.39 is 0 Å². The molecule has 0 bridgehead atoms. The number of benzene rings is 2. The van der Waals surface area contributed by atoms with Gasteiger partial charge >= 0.3 is 0 Å². The lowest BCUT2D eigenvalue weighted by atomic mass is 10.1. The highest BCUT2D eigenvalue weighted by atomic mass is 16.5. The van der Waals surface area contributed by atoms with Crippen LogP contribution in [0.3, 0.4) is 0 Å². The van der Waals surface area contributed by atoms with Gasteiger partial charge in [-0.3, -0.25) is 4.99 Å². The zero-order valence-corrected chi connectivity index (χ0v) is 15.5. The number of nitrogens with zero attached hydrogens (tertiary/aromatic N) is 1. The third kappa shape index (κ3) is 6.59. The number of rotatable bonds is 8. The van der Waals surface area contributed by atoms with Crippen LogP contribution in [0, 0.1) is 0 Å². The largest absolute Gasteiger partial charge is 0.372 e. The van der Waals surface area contributed by atoms with Crippen molar-refractivity contribution >= 4 is 5.96 Å². The molecule has 2 N–H and O–H groups in total. The highest BCUT2D eigenvalue weighted by Gasteiger charge is 2.06. The Balaban J connectivity index is 1.89. The molecule has 4 nitrogen and oxygen atoms in total. The Morgan fingerprint density at radius 2 is 1.68 bits per heavy atom. The van der Waals surface area contributed by atoms with Gasteiger partial charge in [0, 0.05) is 19.6 Å². The molecule has 2 aromatic rings. The van der Waals surface area contributed by atoms with Crippen LogP contribution < -0.4 is 10.6 Å². The molecular formula is C21H29N3O. The van der Waals surface area contributed by atoms with Crippen molar-refractivity contribution in [2.24, 2.45) is 4.99 Å². The summed E-state index contributed by atoms with van der Waals surface area (Å²) in [5.41, 5.74) is 3.61. The van der Waals surface area contributed by atoms with Crippen LogP contribution in [-0.2, 0) is 24.5 Å². The maximum Gasteiger partial charge on any atom is 0.191 e. The second-order valence-electron chi connectivity index (χ2n) is 6.13. The van der Waals surface area contributed by atoms with E-state index in [1.54, 1.807) is 7.05 Å². The van der Waals surface area contributed by atoms with E-state index in [9.17, 15) is 0 Å². The predicted molar refractivity (Wildman–Crippen MR) is 104 cm³/mol. The summed E-state index contributed by atoms with van der Waals surface area (Å²) in [6.07, 6.45) is 1.06. The third-order valence-corrected chi connectivity index (χ3v) is 4.15. The molecule has 0 fully saturated rings. The first kappa shape index (κ1) is 19.0. The average Bonchev–Trinajstić information content (AvgIpc) is 2.66. The lowest BCUT2D eigenvalue weighted by Gasteiger charge is -2.17. The summed E-state index contributed by atoms with van der Waals surface area (Å²) in [6, 6.07) is 19.0. The van der Waals surface area contributed by atoms with Gasteiger partial charge < -0.3 is 15.4 Å². The number of guanidine groups is 1. The first-order valence-electron chi connectivity index (χ1n) is 8.88. The molecule has 0 saturated heterocycles. The molecule has 0 amide bonds. The summed E-state index contributed by atoms with van der Waals surface area (Å²) in [7, 11) is 1.80. The molecular weight excluding hydrogens is 310 g/mol. The highest BCUT2D eigenvalue weighted by molar-refractivity contribution is 5.79. The Morgan fingerprint density at radius 3 is 2.36 bits per heavy atom. The third-order valence-electron chi connectivity index (χ3n) is 4.15. The Morgan fingerprint density at radius 1 is 1.00 bits per heavy atom. The fourth-order valence-electron chi connectivity index (χ4n) is 2.43. The van der Waals surface area contributed by atoms with Crippen molar-refractivity contribution in [3.63, 3.8) is 0 Å². The molecule has 0 aromatic heterocycles. The van der Waals surface area contributed by atoms with Crippen molar-refractivity contribution in [2.45, 2.75) is 46.1 Å². The van der Waals surface area contributed by atoms with E-state index in [0.717, 1.165) is 18.9 Å². The van der Waals surface area contributed by atoms with Crippen molar-refractivity contribution < 1.29 is 4.74 Å². The van der Waals surface area contributed by atoms with E-state index >= 15 is 0 Å². The van der Waals surface area contributed by atoms with Crippen LogP contribution >= 0.6 is 0 Å². The van der Waals surface area contributed by atoms with Gasteiger partial charge in [0.2, 0.25) is 0 Å². The van der Waals surface area contributed by atoms with E-state index in [1.807, 2.05) is 18.2 Å². The topological polar surface area (TPSA) is 45.7 Å². The van der Waals surface area contributed by atoms with E-state index in [-0.39, 0.29) is 0 Å². The van der Waals surface area contributed by atoms with Gasteiger partial charge in [-0.1, -0.05) is 61.5 Å². The van der Waals surface area contributed by atoms with Gasteiger partial charge in [0.1, 0.15) is 0 Å². The summed E-state index contributed by atoms with van der Waals surface area (Å²) in [6.45, 7) is 6.26. The molecule has 4 heteroatoms. The predicted octanol–water partition coefficient (Wildman–Crippen LogP) is 3.87. The SMILES string of the molecule is CCC(C)NC(=NC)NCc1ccccc1COCc1ccccc1. The van der Waals surface area contributed by atoms with Crippen molar-refractivity contribution in [1.82, 2.24) is 10.6 Å². The van der Waals surface area contributed by atoms with Crippen molar-refractivity contribution in [2.75, 3.05) is 7.05 Å². The minimum atomic E-state index is 0.399. The van der Waals surface area contributed by atoms with E-state index in [2.05, 4.69) is 65.9 Å². The Kier molecular flexibility index (Phi) is 7.99. The maximum atomic E-state index is 5.89. The van der Waals surface area contributed by atoms with Crippen molar-refractivity contribution in [3.05, 3.63) is 71.3 Å². The van der Waals surface area contributed by atoms with E-state index in [4.69, 9.17) is 4.74 Å². The first-order chi connectivity index (χ1) is 12.2. The lowest BCUT2D eigenvalue weighted by molar-refractivity contribution is 0.106. The van der Waals surface area contributed by atoms with E-state index in [0.29, 0.717) is 19.3 Å². The van der Waals surface area contributed by atoms with Gasteiger partial charge in [-0.05, 0) is 30.0 Å². The molecule has 2 rings (SSSR count). The summed E-state index contributed by atoms with van der Waals surface area (Å²) in [5, 5.41) is 6.76. The first-order valence-corrected chi connectivity index (χ1v) is 8.88. The highest BCUT2D eigenvalue weighted by Crippen LogP contribution is 2.11. The zero-order chi connectivity index (χ0) is 17.9. The molecule has 1 unspecified atom stereocenters. The smallest absolute Gasteiger partial charge is 0.191 e. The van der Waals surface area contributed by atoms with E-state index in [1.165, 1.54) is 16.7 Å². The molecule has 0 heterocycles. The van der Waals surface area contributed by atoms with Crippen LogP contribution in [0.5, 0.6) is 0 Å². The van der Waals surface area contributed by atoms with Crippen LogP contribution in [0.15, 0.2) is 59.6 Å². The minimum Gasteiger partial charge on any atom is -0.372 e. The molecule has 0 aliphatic rings. The summed E-state index contributed by atoms with van der Waals surface area (Å²) < 4.78 is 5.89. The molecule has 0 saturated carbocycles. The summed E-state index contributed by atoms with van der Waals surface area (Å²) in [5.74, 6) is 0.828. The van der Waals surface area contributed by atoms with Gasteiger partial charge in [-0.15, -0.1) is 0 Å². The van der Waals surface area contributed by atoms with Crippen LogP contribution in [-0.4, -0.2) is 19.0 Å². The van der Waals surface area contributed by atoms with Crippen LogP contribution in [0.1, 0.15) is 37.0 Å². The molecule has 0 radical (unpaired) electrons. The molecule has 0 spiro atoms. The summed E-state index contributed by atoms with van der Waals surface area (Å²) >= 11 is 0. The molecule has 2 aromatic carbocycles. The van der Waals surface area contributed by atoms with Crippen molar-refractivity contribution in [3.8, 4) is 0 Å². The Labute approximate surface area is 151 Å². The monoisotopic (exact) mass is 339 g/mol.